The maximum absolute atomic E-state index is 5.55. The molecule has 1 nitrogen and oxygen atoms in total. The summed E-state index contributed by atoms with van der Waals surface area (Å²) < 4.78 is 7.62. The predicted molar refractivity (Wildman–Crippen MR) is 95.0 cm³/mol. The Kier molecular flexibility index (Phi) is 5.70. The molecule has 0 aliphatic carbocycles. The molecule has 20 heavy (non-hydrogen) atoms. The third kappa shape index (κ3) is 3.66. The molecule has 0 aliphatic rings. The lowest BCUT2D eigenvalue weighted by molar-refractivity contribution is 0.338. The van der Waals surface area contributed by atoms with Gasteiger partial charge in [-0.1, -0.05) is 44.0 Å². The number of benzene rings is 2. The van der Waals surface area contributed by atoms with Crippen LogP contribution in [-0.2, 0) is 0 Å². The van der Waals surface area contributed by atoms with Gasteiger partial charge in [-0.05, 0) is 70.7 Å². The minimum Gasteiger partial charge on any atom is -0.493 e. The molecular formula is C16H15Br3O. The molecule has 2 aromatic carbocycles. The van der Waals surface area contributed by atoms with Gasteiger partial charge in [0, 0.05) is 4.47 Å². The molecule has 0 saturated carbocycles. The molecule has 1 unspecified atom stereocenters. The highest BCUT2D eigenvalue weighted by molar-refractivity contribution is 9.11. The second kappa shape index (κ2) is 7.10. The van der Waals surface area contributed by atoms with Crippen LogP contribution in [0, 0.1) is 6.92 Å². The normalized spacial score (nSPS) is 12.2. The average Bonchev–Trinajstić information content (AvgIpc) is 2.43. The summed E-state index contributed by atoms with van der Waals surface area (Å²) in [6, 6.07) is 12.5. The van der Waals surface area contributed by atoms with Crippen molar-refractivity contribution in [3.63, 3.8) is 0 Å². The van der Waals surface area contributed by atoms with Crippen LogP contribution in [0.2, 0.25) is 0 Å². The van der Waals surface area contributed by atoms with E-state index in [0.29, 0.717) is 6.61 Å². The van der Waals surface area contributed by atoms with Gasteiger partial charge in [0.2, 0.25) is 0 Å². The number of aryl methyl sites for hydroxylation is 1. The molecule has 0 aliphatic heterocycles. The van der Waals surface area contributed by atoms with Gasteiger partial charge in [-0.2, -0.15) is 0 Å². The van der Waals surface area contributed by atoms with Crippen LogP contribution >= 0.6 is 47.8 Å². The van der Waals surface area contributed by atoms with Crippen LogP contribution in [0.5, 0.6) is 5.75 Å². The fourth-order valence-corrected chi connectivity index (χ4v) is 3.68. The number of ether oxygens (including phenoxy) is 1. The van der Waals surface area contributed by atoms with Gasteiger partial charge in [-0.15, -0.1) is 0 Å². The first-order valence-corrected chi connectivity index (χ1v) is 8.85. The molecule has 0 fully saturated rings. The van der Waals surface area contributed by atoms with Gasteiger partial charge < -0.3 is 4.74 Å². The van der Waals surface area contributed by atoms with Crippen molar-refractivity contribution in [2.24, 2.45) is 0 Å². The Morgan fingerprint density at radius 2 is 1.85 bits per heavy atom. The van der Waals surface area contributed by atoms with Gasteiger partial charge in [0.25, 0.3) is 0 Å². The molecule has 106 valence electrons. The summed E-state index contributed by atoms with van der Waals surface area (Å²) in [7, 11) is 0. The van der Waals surface area contributed by atoms with Crippen LogP contribution in [0.1, 0.15) is 28.4 Å². The maximum Gasteiger partial charge on any atom is 0.133 e. The number of alkyl halides is 1. The number of halogens is 3. The molecule has 0 spiro atoms. The highest BCUT2D eigenvalue weighted by Crippen LogP contribution is 2.37. The third-order valence-electron chi connectivity index (χ3n) is 3.06. The topological polar surface area (TPSA) is 9.23 Å². The highest BCUT2D eigenvalue weighted by atomic mass is 79.9. The smallest absolute Gasteiger partial charge is 0.133 e. The van der Waals surface area contributed by atoms with E-state index >= 15 is 0 Å². The van der Waals surface area contributed by atoms with Crippen LogP contribution in [0.25, 0.3) is 0 Å². The van der Waals surface area contributed by atoms with E-state index < -0.39 is 0 Å². The fourth-order valence-electron chi connectivity index (χ4n) is 2.01. The Balaban J connectivity index is 2.35. The van der Waals surface area contributed by atoms with Gasteiger partial charge in [-0.3, -0.25) is 0 Å². The molecule has 0 bridgehead atoms. The second-order valence-corrected chi connectivity index (χ2v) is 7.17. The molecule has 0 heterocycles. The van der Waals surface area contributed by atoms with Crippen molar-refractivity contribution in [1.29, 1.82) is 0 Å². The number of hydrogen-bond acceptors (Lipinski definition) is 1. The molecule has 2 rings (SSSR count). The van der Waals surface area contributed by atoms with Crippen LogP contribution in [0.3, 0.4) is 0 Å². The molecule has 2 aromatic rings. The summed E-state index contributed by atoms with van der Waals surface area (Å²) in [6.07, 6.45) is 0. The van der Waals surface area contributed by atoms with Crippen molar-refractivity contribution in [2.45, 2.75) is 18.7 Å². The Hall–Kier alpha value is -0.320. The molecule has 1 atom stereocenters. The standard InChI is InChI=1S/C16H15Br3O/c1-3-20-15-7-5-11(8-14(15)18)16(19)13-9-12(17)6-4-10(13)2/h4-9,16H,3H2,1-2H3. The van der Waals surface area contributed by atoms with Crippen LogP contribution < -0.4 is 4.74 Å². The van der Waals surface area contributed by atoms with E-state index in [9.17, 15) is 0 Å². The van der Waals surface area contributed by atoms with Crippen LogP contribution in [-0.4, -0.2) is 6.61 Å². The van der Waals surface area contributed by atoms with E-state index in [1.54, 1.807) is 0 Å². The number of hydrogen-bond donors (Lipinski definition) is 0. The largest absolute Gasteiger partial charge is 0.493 e. The highest BCUT2D eigenvalue weighted by Gasteiger charge is 2.15. The molecule has 4 heteroatoms. The lowest BCUT2D eigenvalue weighted by Crippen LogP contribution is -1.98. The molecule has 0 radical (unpaired) electrons. The van der Waals surface area contributed by atoms with Crippen molar-refractivity contribution in [3.8, 4) is 5.75 Å². The van der Waals surface area contributed by atoms with Gasteiger partial charge >= 0.3 is 0 Å². The third-order valence-corrected chi connectivity index (χ3v) is 5.20. The molecular weight excluding hydrogens is 448 g/mol. The van der Waals surface area contributed by atoms with Crippen molar-refractivity contribution in [3.05, 3.63) is 62.0 Å². The first-order valence-electron chi connectivity index (χ1n) is 6.35. The summed E-state index contributed by atoms with van der Waals surface area (Å²) in [5.74, 6) is 0.877. The SMILES string of the molecule is CCOc1ccc(C(Br)c2cc(Br)ccc2C)cc1Br. The maximum atomic E-state index is 5.55. The first kappa shape index (κ1) is 16.1. The Bertz CT molecular complexity index is 611. The van der Waals surface area contributed by atoms with E-state index in [2.05, 4.69) is 85.0 Å². The molecule has 0 amide bonds. The summed E-state index contributed by atoms with van der Waals surface area (Å²) >= 11 is 10.9. The monoisotopic (exact) mass is 460 g/mol. The minimum atomic E-state index is 0.159. The van der Waals surface area contributed by atoms with Gasteiger partial charge in [0.1, 0.15) is 5.75 Å². The Morgan fingerprint density at radius 3 is 2.50 bits per heavy atom. The Labute approximate surface area is 145 Å². The van der Waals surface area contributed by atoms with Crippen LogP contribution in [0.4, 0.5) is 0 Å². The molecule has 0 saturated heterocycles. The Morgan fingerprint density at radius 1 is 1.10 bits per heavy atom. The zero-order valence-corrected chi connectivity index (χ0v) is 16.0. The average molecular weight is 463 g/mol. The van der Waals surface area contributed by atoms with E-state index in [4.69, 9.17) is 4.74 Å². The van der Waals surface area contributed by atoms with Crippen molar-refractivity contribution in [2.75, 3.05) is 6.61 Å². The zero-order valence-electron chi connectivity index (χ0n) is 11.3. The summed E-state index contributed by atoms with van der Waals surface area (Å²) in [5, 5.41) is 0. The molecule has 0 aromatic heterocycles. The second-order valence-electron chi connectivity index (χ2n) is 4.49. The fraction of sp³-hybridized carbons (Fsp3) is 0.250. The van der Waals surface area contributed by atoms with Crippen molar-refractivity contribution >= 4 is 47.8 Å². The van der Waals surface area contributed by atoms with Crippen molar-refractivity contribution < 1.29 is 4.74 Å². The first-order chi connectivity index (χ1) is 9.52. The summed E-state index contributed by atoms with van der Waals surface area (Å²) in [5.41, 5.74) is 3.72. The zero-order chi connectivity index (χ0) is 14.7. The van der Waals surface area contributed by atoms with E-state index in [1.165, 1.54) is 16.7 Å². The van der Waals surface area contributed by atoms with E-state index in [0.717, 1.165) is 14.7 Å². The predicted octanol–water partition coefficient (Wildman–Crippen LogP) is 6.40. The van der Waals surface area contributed by atoms with Gasteiger partial charge in [0.05, 0.1) is 15.9 Å². The minimum absolute atomic E-state index is 0.159. The van der Waals surface area contributed by atoms with Gasteiger partial charge in [-0.25, -0.2) is 0 Å². The lowest BCUT2D eigenvalue weighted by Gasteiger charge is -2.16. The van der Waals surface area contributed by atoms with Gasteiger partial charge in [0.15, 0.2) is 0 Å². The van der Waals surface area contributed by atoms with E-state index in [-0.39, 0.29) is 4.83 Å². The quantitative estimate of drug-likeness (QED) is 0.477. The molecule has 0 N–H and O–H groups in total. The summed E-state index contributed by atoms with van der Waals surface area (Å²) in [6.45, 7) is 4.78. The van der Waals surface area contributed by atoms with Crippen LogP contribution in [0.15, 0.2) is 45.3 Å². The van der Waals surface area contributed by atoms with Crippen molar-refractivity contribution in [1.82, 2.24) is 0 Å². The number of rotatable bonds is 4. The summed E-state index contributed by atoms with van der Waals surface area (Å²) in [4.78, 5) is 0.159. The van der Waals surface area contributed by atoms with E-state index in [1.807, 2.05) is 13.0 Å². The lowest BCUT2D eigenvalue weighted by atomic mass is 10.0.